The number of aromatic hydroxyl groups is 1. The van der Waals surface area contributed by atoms with E-state index in [2.05, 4.69) is 0 Å². The summed E-state index contributed by atoms with van der Waals surface area (Å²) in [6.07, 6.45) is 2.76. The number of fused-ring (bicyclic) bond motifs is 1. The molecule has 0 bridgehead atoms. The molecule has 0 spiro atoms. The van der Waals surface area contributed by atoms with E-state index in [-0.39, 0.29) is 17.2 Å². The molecule has 0 unspecified atom stereocenters. The lowest BCUT2D eigenvalue weighted by molar-refractivity contribution is 0.104. The number of methoxy groups -OCH3 is 2. The number of ketones is 1. The van der Waals surface area contributed by atoms with E-state index < -0.39 is 11.4 Å². The molecule has 0 atom stereocenters. The molecule has 1 N–H and O–H groups in total. The van der Waals surface area contributed by atoms with Gasteiger partial charge in [-0.2, -0.15) is 0 Å². The third-order valence-electron chi connectivity index (χ3n) is 4.97. The molecule has 0 aliphatic carbocycles. The van der Waals surface area contributed by atoms with Gasteiger partial charge >= 0.3 is 5.63 Å². The Morgan fingerprint density at radius 2 is 1.80 bits per heavy atom. The zero-order valence-corrected chi connectivity index (χ0v) is 17.6. The maximum Gasteiger partial charge on any atom is 0.351 e. The minimum absolute atomic E-state index is 0.0853. The summed E-state index contributed by atoms with van der Waals surface area (Å²) in [7, 11) is 3.05. The molecule has 1 aromatic heterocycles. The summed E-state index contributed by atoms with van der Waals surface area (Å²) in [5.74, 6) is 0.153. The minimum atomic E-state index is -0.866. The van der Waals surface area contributed by atoms with E-state index >= 15 is 0 Å². The van der Waals surface area contributed by atoms with Crippen LogP contribution in [0.15, 0.2) is 45.6 Å². The van der Waals surface area contributed by atoms with E-state index in [9.17, 15) is 14.7 Å². The molecule has 156 valence electrons. The molecule has 6 heteroatoms. The molecule has 1 heterocycles. The molecule has 0 amide bonds. The van der Waals surface area contributed by atoms with Crippen LogP contribution in [0.1, 0.15) is 46.8 Å². The molecule has 3 rings (SSSR count). The smallest absolute Gasteiger partial charge is 0.351 e. The van der Waals surface area contributed by atoms with Crippen molar-refractivity contribution < 1.29 is 23.8 Å². The van der Waals surface area contributed by atoms with Crippen LogP contribution in [0.3, 0.4) is 0 Å². The number of rotatable bonds is 6. The maximum absolute atomic E-state index is 12.7. The van der Waals surface area contributed by atoms with Crippen molar-refractivity contribution in [2.45, 2.75) is 26.7 Å². The average Bonchev–Trinajstić information content (AvgIpc) is 2.71. The van der Waals surface area contributed by atoms with Crippen LogP contribution >= 0.6 is 0 Å². The van der Waals surface area contributed by atoms with Crippen molar-refractivity contribution in [2.24, 2.45) is 0 Å². The Morgan fingerprint density at radius 1 is 1.10 bits per heavy atom. The highest BCUT2D eigenvalue weighted by molar-refractivity contribution is 6.11. The molecule has 0 saturated carbocycles. The van der Waals surface area contributed by atoms with Crippen LogP contribution in [0.25, 0.3) is 17.0 Å². The largest absolute Gasteiger partial charge is 0.506 e. The normalized spacial score (nSPS) is 11.4. The van der Waals surface area contributed by atoms with Crippen molar-refractivity contribution in [3.05, 3.63) is 69.1 Å². The van der Waals surface area contributed by atoms with Gasteiger partial charge in [-0.25, -0.2) is 4.79 Å². The summed E-state index contributed by atoms with van der Waals surface area (Å²) >= 11 is 0. The van der Waals surface area contributed by atoms with Gasteiger partial charge in [-0.15, -0.1) is 0 Å². The second-order valence-corrected chi connectivity index (χ2v) is 7.26. The van der Waals surface area contributed by atoms with E-state index in [1.165, 1.54) is 26.4 Å². The predicted octanol–water partition coefficient (Wildman–Crippen LogP) is 4.84. The Balaban J connectivity index is 2.07. The number of hydrogen-bond acceptors (Lipinski definition) is 6. The minimum Gasteiger partial charge on any atom is -0.506 e. The molecule has 0 aliphatic heterocycles. The zero-order valence-electron chi connectivity index (χ0n) is 17.6. The topological polar surface area (TPSA) is 86.0 Å². The van der Waals surface area contributed by atoms with E-state index in [1.807, 2.05) is 26.0 Å². The highest BCUT2D eigenvalue weighted by Gasteiger charge is 2.22. The monoisotopic (exact) mass is 408 g/mol. The molecule has 0 aliphatic rings. The van der Waals surface area contributed by atoms with Gasteiger partial charge in [0.05, 0.1) is 19.6 Å². The molecular formula is C24H24O6. The van der Waals surface area contributed by atoms with Crippen molar-refractivity contribution in [3.8, 4) is 17.2 Å². The Hall–Kier alpha value is -3.54. The van der Waals surface area contributed by atoms with E-state index in [1.54, 1.807) is 25.1 Å². The van der Waals surface area contributed by atoms with Gasteiger partial charge in [-0.1, -0.05) is 38.1 Å². The average molecular weight is 408 g/mol. The Labute approximate surface area is 174 Å². The molecule has 0 radical (unpaired) electrons. The van der Waals surface area contributed by atoms with E-state index in [0.717, 1.165) is 5.56 Å². The van der Waals surface area contributed by atoms with Gasteiger partial charge in [0.25, 0.3) is 0 Å². The van der Waals surface area contributed by atoms with Crippen LogP contribution in [-0.4, -0.2) is 25.1 Å². The summed E-state index contributed by atoms with van der Waals surface area (Å²) in [5.41, 5.74) is 1.24. The van der Waals surface area contributed by atoms with Gasteiger partial charge in [0.2, 0.25) is 0 Å². The Morgan fingerprint density at radius 3 is 2.43 bits per heavy atom. The van der Waals surface area contributed by atoms with Crippen LogP contribution in [-0.2, 0) is 0 Å². The maximum atomic E-state index is 12.7. The zero-order chi connectivity index (χ0) is 22.0. The number of benzene rings is 2. The fraction of sp³-hybridized carbons (Fsp3) is 0.250. The molecule has 0 saturated heterocycles. The molecule has 2 aromatic carbocycles. The second kappa shape index (κ2) is 8.45. The van der Waals surface area contributed by atoms with Crippen molar-refractivity contribution >= 4 is 22.8 Å². The molecule has 0 fully saturated rings. The summed E-state index contributed by atoms with van der Waals surface area (Å²) in [5, 5.41) is 11.2. The third kappa shape index (κ3) is 3.81. The standard InChI is InChI=1S/C24H24O6/c1-13(2)16-9-6-14(3)20-22(26)21(24(27)30-23(16)20)17(25)10-7-15-8-11-18(28-4)19(12-15)29-5/h6-13,26H,1-5H3/b10-7+. The fourth-order valence-electron chi connectivity index (χ4n) is 3.35. The quantitative estimate of drug-likeness (QED) is 0.357. The summed E-state index contributed by atoms with van der Waals surface area (Å²) < 4.78 is 15.9. The SMILES string of the molecule is COc1ccc(/C=C/C(=O)c2c(O)c3c(C)ccc(C(C)C)c3oc2=O)cc1OC. The molecule has 6 nitrogen and oxygen atoms in total. The number of aryl methyl sites for hydroxylation is 1. The van der Waals surface area contributed by atoms with Crippen LogP contribution in [0.5, 0.6) is 17.2 Å². The van der Waals surface area contributed by atoms with E-state index in [4.69, 9.17) is 13.9 Å². The van der Waals surface area contributed by atoms with Crippen LogP contribution < -0.4 is 15.1 Å². The lowest BCUT2D eigenvalue weighted by atomic mass is 9.96. The number of allylic oxidation sites excluding steroid dienone is 1. The van der Waals surface area contributed by atoms with Gasteiger partial charge in [0, 0.05) is 0 Å². The molecule has 30 heavy (non-hydrogen) atoms. The van der Waals surface area contributed by atoms with Gasteiger partial charge in [0.1, 0.15) is 16.9 Å². The Bertz CT molecular complexity index is 1200. The van der Waals surface area contributed by atoms with Gasteiger partial charge in [-0.05, 0) is 47.7 Å². The van der Waals surface area contributed by atoms with Crippen LogP contribution in [0.2, 0.25) is 0 Å². The lowest BCUT2D eigenvalue weighted by Crippen LogP contribution is -2.13. The first-order valence-electron chi connectivity index (χ1n) is 9.52. The van der Waals surface area contributed by atoms with Gasteiger partial charge < -0.3 is 19.0 Å². The fourth-order valence-corrected chi connectivity index (χ4v) is 3.35. The molecule has 3 aromatic rings. The highest BCUT2D eigenvalue weighted by Crippen LogP contribution is 2.34. The first-order valence-corrected chi connectivity index (χ1v) is 9.52. The Kier molecular flexibility index (Phi) is 5.96. The highest BCUT2D eigenvalue weighted by atomic mass is 16.5. The summed E-state index contributed by atoms with van der Waals surface area (Å²) in [6, 6.07) is 8.85. The molecular weight excluding hydrogens is 384 g/mol. The van der Waals surface area contributed by atoms with Crippen molar-refractivity contribution in [1.82, 2.24) is 0 Å². The predicted molar refractivity (Wildman–Crippen MR) is 116 cm³/mol. The van der Waals surface area contributed by atoms with E-state index in [0.29, 0.717) is 33.6 Å². The van der Waals surface area contributed by atoms with Crippen molar-refractivity contribution in [3.63, 3.8) is 0 Å². The van der Waals surface area contributed by atoms with Gasteiger partial charge in [-0.3, -0.25) is 4.79 Å². The van der Waals surface area contributed by atoms with Crippen LogP contribution in [0, 0.1) is 6.92 Å². The summed E-state index contributed by atoms with van der Waals surface area (Å²) in [6.45, 7) is 5.72. The number of ether oxygens (including phenoxy) is 2. The van der Waals surface area contributed by atoms with Gasteiger partial charge in [0.15, 0.2) is 17.3 Å². The number of carbonyl (C=O) groups excluding carboxylic acids is 1. The number of hydrogen-bond donors (Lipinski definition) is 1. The van der Waals surface area contributed by atoms with Crippen molar-refractivity contribution in [1.29, 1.82) is 0 Å². The first-order chi connectivity index (χ1) is 14.3. The number of carbonyl (C=O) groups is 1. The van der Waals surface area contributed by atoms with Crippen LogP contribution in [0.4, 0.5) is 0 Å². The summed E-state index contributed by atoms with van der Waals surface area (Å²) in [4.78, 5) is 25.3. The first kappa shape index (κ1) is 21.2. The second-order valence-electron chi connectivity index (χ2n) is 7.26. The lowest BCUT2D eigenvalue weighted by Gasteiger charge is -2.12. The third-order valence-corrected chi connectivity index (χ3v) is 4.97. The van der Waals surface area contributed by atoms with Crippen molar-refractivity contribution in [2.75, 3.05) is 14.2 Å².